The fraction of sp³-hybridized carbons (Fsp3) is 0.480. The molecule has 1 heterocycles. The average Bonchev–Trinajstić information content (AvgIpc) is 3.29. The monoisotopic (exact) mass is 410 g/mol. The van der Waals surface area contributed by atoms with Gasteiger partial charge in [-0.15, -0.1) is 0 Å². The van der Waals surface area contributed by atoms with Crippen LogP contribution in [0.5, 0.6) is 5.75 Å². The maximum atomic E-state index is 12.7. The van der Waals surface area contributed by atoms with Crippen LogP contribution in [0.25, 0.3) is 0 Å². The molecule has 30 heavy (non-hydrogen) atoms. The highest BCUT2D eigenvalue weighted by molar-refractivity contribution is 5.94. The number of unbranched alkanes of at least 4 members (excludes halogenated alkanes) is 1. The third-order valence-electron chi connectivity index (χ3n) is 5.90. The summed E-state index contributed by atoms with van der Waals surface area (Å²) in [4.78, 5) is 16.4. The standard InChI is InChI=1S/C25H35N3O2/c1-4-5-18-30-23-14-10-21(11-15-23)25(29)26-19-24(28-16-6-7-17-28)20-8-12-22(13-9-20)27(2)3/h8-15,24H,4-7,16-19H2,1-3H3,(H,26,29)/p+1/t24-/m1/s1. The lowest BCUT2D eigenvalue weighted by atomic mass is 10.0. The molecular formula is C25H36N3O2+. The average molecular weight is 411 g/mol. The van der Waals surface area contributed by atoms with Gasteiger partial charge in [0.2, 0.25) is 0 Å². The summed E-state index contributed by atoms with van der Waals surface area (Å²) in [5.41, 5.74) is 3.16. The zero-order chi connectivity index (χ0) is 21.3. The number of hydrogen-bond acceptors (Lipinski definition) is 3. The van der Waals surface area contributed by atoms with Crippen LogP contribution in [0.15, 0.2) is 48.5 Å². The van der Waals surface area contributed by atoms with Crippen LogP contribution in [0.1, 0.15) is 54.6 Å². The van der Waals surface area contributed by atoms with Crippen LogP contribution in [0.4, 0.5) is 5.69 Å². The van der Waals surface area contributed by atoms with Gasteiger partial charge in [-0.3, -0.25) is 4.79 Å². The molecule has 1 amide bonds. The summed E-state index contributed by atoms with van der Waals surface area (Å²) in [6, 6.07) is 16.5. The molecule has 5 heteroatoms. The topological polar surface area (TPSA) is 46.0 Å². The van der Waals surface area contributed by atoms with Crippen LogP contribution < -0.4 is 19.9 Å². The number of nitrogens with zero attached hydrogens (tertiary/aromatic N) is 1. The van der Waals surface area contributed by atoms with E-state index < -0.39 is 0 Å². The third-order valence-corrected chi connectivity index (χ3v) is 5.90. The van der Waals surface area contributed by atoms with Crippen molar-refractivity contribution < 1.29 is 14.4 Å². The lowest BCUT2D eigenvalue weighted by molar-refractivity contribution is -0.918. The molecule has 162 valence electrons. The first-order valence-corrected chi connectivity index (χ1v) is 11.2. The normalized spacial score (nSPS) is 15.0. The number of hydrogen-bond donors (Lipinski definition) is 2. The zero-order valence-corrected chi connectivity index (χ0v) is 18.6. The third kappa shape index (κ3) is 5.99. The molecule has 3 rings (SSSR count). The first kappa shape index (κ1) is 22.2. The predicted molar refractivity (Wildman–Crippen MR) is 123 cm³/mol. The van der Waals surface area contributed by atoms with Gasteiger partial charge in [-0.05, 0) is 42.8 Å². The van der Waals surface area contributed by atoms with Crippen LogP contribution in [0.2, 0.25) is 0 Å². The van der Waals surface area contributed by atoms with Crippen LogP contribution in [0, 0.1) is 0 Å². The van der Waals surface area contributed by atoms with Gasteiger partial charge in [0.05, 0.1) is 26.2 Å². The van der Waals surface area contributed by atoms with Crippen molar-refractivity contribution in [2.24, 2.45) is 0 Å². The minimum atomic E-state index is -0.0244. The van der Waals surface area contributed by atoms with Crippen molar-refractivity contribution >= 4 is 11.6 Å². The van der Waals surface area contributed by atoms with Crippen LogP contribution in [-0.2, 0) is 0 Å². The Labute approximate surface area is 181 Å². The number of ether oxygens (including phenoxy) is 1. The van der Waals surface area contributed by atoms with E-state index in [1.54, 1.807) is 4.90 Å². The van der Waals surface area contributed by atoms with Gasteiger partial charge in [0.25, 0.3) is 5.91 Å². The molecule has 1 saturated heterocycles. The highest BCUT2D eigenvalue weighted by atomic mass is 16.5. The number of quaternary nitrogens is 1. The Kier molecular flexibility index (Phi) is 8.14. The molecule has 2 aromatic carbocycles. The number of amides is 1. The molecule has 1 aliphatic heterocycles. The maximum Gasteiger partial charge on any atom is 0.251 e. The smallest absolute Gasteiger partial charge is 0.251 e. The number of anilines is 1. The predicted octanol–water partition coefficient (Wildman–Crippen LogP) is 3.08. The van der Waals surface area contributed by atoms with Gasteiger partial charge in [-0.1, -0.05) is 25.5 Å². The van der Waals surface area contributed by atoms with Gasteiger partial charge in [0.15, 0.2) is 0 Å². The summed E-state index contributed by atoms with van der Waals surface area (Å²) in [5.74, 6) is 0.795. The quantitative estimate of drug-likeness (QED) is 0.592. The van der Waals surface area contributed by atoms with Crippen LogP contribution in [-0.4, -0.2) is 46.2 Å². The molecule has 0 radical (unpaired) electrons. The van der Waals surface area contributed by atoms with E-state index in [0.717, 1.165) is 25.2 Å². The number of rotatable bonds is 10. The Bertz CT molecular complexity index is 781. The van der Waals surface area contributed by atoms with Gasteiger partial charge in [0.1, 0.15) is 11.8 Å². The number of carbonyl (C=O) groups excluding carboxylic acids is 1. The highest BCUT2D eigenvalue weighted by Crippen LogP contribution is 2.18. The second-order valence-corrected chi connectivity index (χ2v) is 8.34. The van der Waals surface area contributed by atoms with E-state index in [1.165, 1.54) is 37.2 Å². The highest BCUT2D eigenvalue weighted by Gasteiger charge is 2.28. The number of likely N-dealkylation sites (tertiary alicyclic amines) is 1. The minimum Gasteiger partial charge on any atom is -0.494 e. The summed E-state index contributed by atoms with van der Waals surface area (Å²) >= 11 is 0. The van der Waals surface area contributed by atoms with E-state index in [2.05, 4.69) is 55.5 Å². The van der Waals surface area contributed by atoms with Gasteiger partial charge < -0.3 is 19.9 Å². The second kappa shape index (κ2) is 11.0. The molecule has 0 spiro atoms. The first-order chi connectivity index (χ1) is 14.6. The fourth-order valence-electron chi connectivity index (χ4n) is 4.01. The minimum absolute atomic E-state index is 0.0244. The SMILES string of the molecule is CCCCOc1ccc(C(=O)NC[C@H](c2ccc(N(C)C)cc2)[NH+]2CCCC2)cc1. The fourth-order valence-corrected chi connectivity index (χ4v) is 4.01. The Morgan fingerprint density at radius 3 is 2.33 bits per heavy atom. The number of nitrogens with one attached hydrogen (secondary N) is 2. The molecule has 0 unspecified atom stereocenters. The molecule has 5 nitrogen and oxygen atoms in total. The summed E-state index contributed by atoms with van der Waals surface area (Å²) in [7, 11) is 4.11. The summed E-state index contributed by atoms with van der Waals surface area (Å²) in [6.45, 7) is 5.84. The molecular weight excluding hydrogens is 374 g/mol. The zero-order valence-electron chi connectivity index (χ0n) is 18.6. The molecule has 0 saturated carbocycles. The van der Waals surface area contributed by atoms with E-state index in [1.807, 2.05) is 24.3 Å². The first-order valence-electron chi connectivity index (χ1n) is 11.2. The van der Waals surface area contributed by atoms with Crippen molar-refractivity contribution in [1.29, 1.82) is 0 Å². The van der Waals surface area contributed by atoms with Crippen molar-refractivity contribution in [1.82, 2.24) is 5.32 Å². The van der Waals surface area contributed by atoms with Gasteiger partial charge in [-0.2, -0.15) is 0 Å². The van der Waals surface area contributed by atoms with E-state index in [-0.39, 0.29) is 11.9 Å². The molecule has 2 aromatic rings. The lowest BCUT2D eigenvalue weighted by Crippen LogP contribution is -3.11. The Morgan fingerprint density at radius 2 is 1.73 bits per heavy atom. The molecule has 1 fully saturated rings. The van der Waals surface area contributed by atoms with Gasteiger partial charge in [-0.25, -0.2) is 0 Å². The van der Waals surface area contributed by atoms with Crippen molar-refractivity contribution in [3.63, 3.8) is 0 Å². The Morgan fingerprint density at radius 1 is 1.07 bits per heavy atom. The van der Waals surface area contributed by atoms with E-state index in [4.69, 9.17) is 4.74 Å². The largest absolute Gasteiger partial charge is 0.494 e. The van der Waals surface area contributed by atoms with Crippen molar-refractivity contribution in [3.8, 4) is 5.75 Å². The van der Waals surface area contributed by atoms with Gasteiger partial charge >= 0.3 is 0 Å². The maximum absolute atomic E-state index is 12.7. The molecule has 1 aliphatic rings. The molecule has 0 aromatic heterocycles. The molecule has 1 atom stereocenters. The lowest BCUT2D eigenvalue weighted by Gasteiger charge is -2.26. The second-order valence-electron chi connectivity index (χ2n) is 8.34. The summed E-state index contributed by atoms with van der Waals surface area (Å²) in [6.07, 6.45) is 4.67. The summed E-state index contributed by atoms with van der Waals surface area (Å²) < 4.78 is 5.69. The van der Waals surface area contributed by atoms with E-state index in [9.17, 15) is 4.79 Å². The van der Waals surface area contributed by atoms with Crippen molar-refractivity contribution in [3.05, 3.63) is 59.7 Å². The van der Waals surface area contributed by atoms with Crippen LogP contribution >= 0.6 is 0 Å². The van der Waals surface area contributed by atoms with E-state index >= 15 is 0 Å². The number of carbonyl (C=O) groups is 1. The Balaban J connectivity index is 1.62. The van der Waals surface area contributed by atoms with Gasteiger partial charge in [0, 0.05) is 43.8 Å². The molecule has 0 bridgehead atoms. The molecule has 2 N–H and O–H groups in total. The Hall–Kier alpha value is -2.53. The number of benzene rings is 2. The van der Waals surface area contributed by atoms with Crippen molar-refractivity contribution in [2.75, 3.05) is 45.2 Å². The molecule has 0 aliphatic carbocycles. The van der Waals surface area contributed by atoms with Crippen LogP contribution in [0.3, 0.4) is 0 Å². The van der Waals surface area contributed by atoms with Crippen molar-refractivity contribution in [2.45, 2.75) is 38.6 Å². The van der Waals surface area contributed by atoms with E-state index in [0.29, 0.717) is 12.1 Å². The summed E-state index contributed by atoms with van der Waals surface area (Å²) in [5, 5.41) is 3.17.